The fourth-order valence-corrected chi connectivity index (χ4v) is 7.62. The third-order valence-corrected chi connectivity index (χ3v) is 8.78. The number of aromatic nitrogens is 1. The molecular formula is C21H23Cl2N2O5PS. The maximum atomic E-state index is 13.8. The summed E-state index contributed by atoms with van der Waals surface area (Å²) < 4.78 is 52.8. The topological polar surface area (TPSA) is 85.8 Å². The second kappa shape index (κ2) is 10.1. The molecule has 0 atom stereocenters. The van der Waals surface area contributed by atoms with Gasteiger partial charge in [0.2, 0.25) is 0 Å². The number of hydrogen-bond acceptors (Lipinski definition) is 6. The summed E-state index contributed by atoms with van der Waals surface area (Å²) in [4.78, 5) is 4.23. The van der Waals surface area contributed by atoms with Crippen LogP contribution in [-0.2, 0) is 23.6 Å². The lowest BCUT2D eigenvalue weighted by molar-refractivity contribution is 0.221. The van der Waals surface area contributed by atoms with Crippen molar-refractivity contribution in [3.8, 4) is 0 Å². The average Bonchev–Trinajstić information content (AvgIpc) is 2.71. The minimum absolute atomic E-state index is 0.0877. The fourth-order valence-electron chi connectivity index (χ4n) is 3.21. The highest BCUT2D eigenvalue weighted by atomic mass is 35.5. The number of sulfonamides is 1. The van der Waals surface area contributed by atoms with Gasteiger partial charge in [-0.05, 0) is 62.7 Å². The molecule has 2 aromatic carbocycles. The molecule has 3 aromatic rings. The molecule has 7 nitrogen and oxygen atoms in total. The van der Waals surface area contributed by atoms with Crippen LogP contribution in [0.4, 0.5) is 5.69 Å². The van der Waals surface area contributed by atoms with Gasteiger partial charge in [0.15, 0.2) is 0 Å². The van der Waals surface area contributed by atoms with Gasteiger partial charge in [-0.1, -0.05) is 29.3 Å². The average molecular weight is 517 g/mol. The summed E-state index contributed by atoms with van der Waals surface area (Å²) in [5, 5.41) is 0.886. The number of rotatable bonds is 9. The fraction of sp³-hybridized carbons (Fsp3) is 0.286. The van der Waals surface area contributed by atoms with Crippen LogP contribution in [0.2, 0.25) is 10.0 Å². The molecule has 3 rings (SSSR count). The molecule has 0 radical (unpaired) electrons. The van der Waals surface area contributed by atoms with Crippen LogP contribution in [0.5, 0.6) is 0 Å². The van der Waals surface area contributed by atoms with Crippen LogP contribution < -0.4 is 4.31 Å². The Bertz CT molecular complexity index is 1260. The molecule has 1 aromatic heterocycles. The minimum atomic E-state index is -4.27. The van der Waals surface area contributed by atoms with Gasteiger partial charge in [0, 0.05) is 21.6 Å². The van der Waals surface area contributed by atoms with E-state index in [2.05, 4.69) is 4.98 Å². The molecule has 0 aliphatic rings. The standard InChI is InChI=1S/C21H23Cl2N2O5PS/c1-4-29-31(26,30-5-2)14-25(32(27,28)18-11-16(22)10-17(23)12-18)21-8-6-7-20-19(21)9-15(3)13-24-20/h6-13H,4-5,14H2,1-3H3. The predicted molar refractivity (Wildman–Crippen MR) is 128 cm³/mol. The summed E-state index contributed by atoms with van der Waals surface area (Å²) in [6, 6.07) is 10.9. The van der Waals surface area contributed by atoms with E-state index in [1.165, 1.54) is 18.2 Å². The van der Waals surface area contributed by atoms with Crippen molar-refractivity contribution in [1.82, 2.24) is 4.98 Å². The smallest absolute Gasteiger partial charge is 0.308 e. The first kappa shape index (κ1) is 25.0. The third kappa shape index (κ3) is 5.45. The molecule has 0 N–H and O–H groups in total. The van der Waals surface area contributed by atoms with Crippen molar-refractivity contribution in [1.29, 1.82) is 0 Å². The highest BCUT2D eigenvalue weighted by Crippen LogP contribution is 2.51. The highest BCUT2D eigenvalue weighted by molar-refractivity contribution is 7.93. The molecule has 0 bridgehead atoms. The van der Waals surface area contributed by atoms with Crippen molar-refractivity contribution in [2.24, 2.45) is 0 Å². The molecule has 32 heavy (non-hydrogen) atoms. The SMILES string of the molecule is CCOP(=O)(CN(c1cccc2ncc(C)cc12)S(=O)(=O)c1cc(Cl)cc(Cl)c1)OCC. The van der Waals surface area contributed by atoms with E-state index in [0.29, 0.717) is 10.9 Å². The van der Waals surface area contributed by atoms with E-state index >= 15 is 0 Å². The molecule has 172 valence electrons. The van der Waals surface area contributed by atoms with E-state index in [0.717, 1.165) is 9.87 Å². The summed E-state index contributed by atoms with van der Waals surface area (Å²) in [5.74, 6) is 0. The van der Waals surface area contributed by atoms with Crippen molar-refractivity contribution in [3.05, 3.63) is 64.3 Å². The molecule has 11 heteroatoms. The number of pyridine rings is 1. The van der Waals surface area contributed by atoms with E-state index in [1.54, 1.807) is 38.2 Å². The Kier molecular flexibility index (Phi) is 7.86. The lowest BCUT2D eigenvalue weighted by atomic mass is 10.1. The van der Waals surface area contributed by atoms with Gasteiger partial charge in [0.25, 0.3) is 10.0 Å². The molecule has 0 spiro atoms. The van der Waals surface area contributed by atoms with Gasteiger partial charge >= 0.3 is 7.60 Å². The number of fused-ring (bicyclic) bond motifs is 1. The summed E-state index contributed by atoms with van der Waals surface area (Å²) in [6.45, 7) is 5.34. The molecule has 0 amide bonds. The Morgan fingerprint density at radius 2 is 1.66 bits per heavy atom. The minimum Gasteiger partial charge on any atom is -0.308 e. The summed E-state index contributed by atoms with van der Waals surface area (Å²) in [6.07, 6.45) is 1.15. The van der Waals surface area contributed by atoms with Crippen LogP contribution in [0.25, 0.3) is 10.9 Å². The van der Waals surface area contributed by atoms with Crippen LogP contribution in [0.3, 0.4) is 0 Å². The van der Waals surface area contributed by atoms with Gasteiger partial charge in [-0.25, -0.2) is 8.42 Å². The van der Waals surface area contributed by atoms with Crippen LogP contribution >= 0.6 is 30.8 Å². The van der Waals surface area contributed by atoms with Crippen LogP contribution in [0.15, 0.2) is 53.6 Å². The molecule has 0 unspecified atom stereocenters. The molecule has 1 heterocycles. The lowest BCUT2D eigenvalue weighted by Crippen LogP contribution is -2.33. The molecule has 0 fully saturated rings. The van der Waals surface area contributed by atoms with E-state index in [1.807, 2.05) is 13.0 Å². The van der Waals surface area contributed by atoms with Gasteiger partial charge in [-0.15, -0.1) is 0 Å². The number of halogens is 2. The number of aryl methyl sites for hydroxylation is 1. The molecule has 0 aliphatic heterocycles. The van der Waals surface area contributed by atoms with Crippen molar-refractivity contribution in [3.63, 3.8) is 0 Å². The third-order valence-electron chi connectivity index (χ3n) is 4.49. The number of anilines is 1. The highest BCUT2D eigenvalue weighted by Gasteiger charge is 2.36. The zero-order valence-corrected chi connectivity index (χ0v) is 21.0. The van der Waals surface area contributed by atoms with E-state index in [-0.39, 0.29) is 33.8 Å². The van der Waals surface area contributed by atoms with Crippen LogP contribution in [-0.4, -0.2) is 32.9 Å². The Hall–Kier alpha value is -1.67. The van der Waals surface area contributed by atoms with Gasteiger partial charge in [-0.2, -0.15) is 0 Å². The quantitative estimate of drug-likeness (QED) is 0.311. The Balaban J connectivity index is 2.27. The van der Waals surface area contributed by atoms with E-state index in [4.69, 9.17) is 32.2 Å². The Labute approximate surface area is 197 Å². The zero-order valence-electron chi connectivity index (χ0n) is 17.8. The predicted octanol–water partition coefficient (Wildman–Crippen LogP) is 6.27. The largest absolute Gasteiger partial charge is 0.350 e. The molecule has 0 saturated carbocycles. The van der Waals surface area contributed by atoms with Crippen molar-refractivity contribution >= 4 is 57.4 Å². The van der Waals surface area contributed by atoms with Gasteiger partial charge < -0.3 is 9.05 Å². The van der Waals surface area contributed by atoms with E-state index < -0.39 is 23.9 Å². The monoisotopic (exact) mass is 516 g/mol. The maximum absolute atomic E-state index is 13.8. The summed E-state index contributed by atoms with van der Waals surface area (Å²) >= 11 is 12.1. The van der Waals surface area contributed by atoms with Crippen LogP contribution in [0.1, 0.15) is 19.4 Å². The number of nitrogens with zero attached hydrogens (tertiary/aromatic N) is 2. The molecule has 0 aliphatic carbocycles. The second-order valence-electron chi connectivity index (χ2n) is 6.90. The first-order chi connectivity index (χ1) is 15.1. The number of benzene rings is 2. The van der Waals surface area contributed by atoms with Crippen molar-refractivity contribution < 1.29 is 22.0 Å². The van der Waals surface area contributed by atoms with Gasteiger partial charge in [-0.3, -0.25) is 13.9 Å². The Morgan fingerprint density at radius 3 is 2.25 bits per heavy atom. The van der Waals surface area contributed by atoms with E-state index in [9.17, 15) is 13.0 Å². The molecule has 0 saturated heterocycles. The summed E-state index contributed by atoms with van der Waals surface area (Å²) in [5.41, 5.74) is 1.71. The maximum Gasteiger partial charge on any atom is 0.350 e. The molecular weight excluding hydrogens is 494 g/mol. The van der Waals surface area contributed by atoms with Gasteiger partial charge in [0.05, 0.1) is 29.3 Å². The number of hydrogen-bond donors (Lipinski definition) is 0. The Morgan fingerprint density at radius 1 is 1.03 bits per heavy atom. The van der Waals surface area contributed by atoms with Crippen molar-refractivity contribution in [2.45, 2.75) is 25.7 Å². The zero-order chi connectivity index (χ0) is 23.5. The first-order valence-corrected chi connectivity index (χ1v) is 13.7. The first-order valence-electron chi connectivity index (χ1n) is 9.82. The summed E-state index contributed by atoms with van der Waals surface area (Å²) in [7, 11) is -8.08. The van der Waals surface area contributed by atoms with Crippen LogP contribution in [0, 0.1) is 6.92 Å². The van der Waals surface area contributed by atoms with Gasteiger partial charge in [0.1, 0.15) is 6.29 Å². The van der Waals surface area contributed by atoms with Crippen molar-refractivity contribution in [2.75, 3.05) is 23.8 Å². The second-order valence-corrected chi connectivity index (χ2v) is 11.7. The normalized spacial score (nSPS) is 12.3. The lowest BCUT2D eigenvalue weighted by Gasteiger charge is -2.29.